The maximum atomic E-state index is 6.29. The van der Waals surface area contributed by atoms with Gasteiger partial charge in [0.2, 0.25) is 0 Å². The van der Waals surface area contributed by atoms with Gasteiger partial charge in [0.1, 0.15) is 17.9 Å². The van der Waals surface area contributed by atoms with E-state index in [9.17, 15) is 0 Å². The number of methoxy groups -OCH3 is 1. The predicted octanol–water partition coefficient (Wildman–Crippen LogP) is 3.82. The highest BCUT2D eigenvalue weighted by molar-refractivity contribution is 5.93. The summed E-state index contributed by atoms with van der Waals surface area (Å²) < 4.78 is 13.9. The van der Waals surface area contributed by atoms with Gasteiger partial charge in [-0.05, 0) is 55.6 Å². The Bertz CT molecular complexity index is 1030. The molecular weight excluding hydrogens is 350 g/mol. The molecule has 3 fully saturated rings. The van der Waals surface area contributed by atoms with Gasteiger partial charge in [-0.25, -0.2) is 0 Å². The summed E-state index contributed by atoms with van der Waals surface area (Å²) in [4.78, 5) is 7.53. The number of para-hydroxylation sites is 1. The standard InChI is InChI=1S/C23H25N3O2/c1-27-18-7-5-16(6-8-18)19-3-2-4-20-21(19)24-22-26(20)14-23(15-28-22)13-25-11-9-17(23)10-12-25/h2-8,17H,9-15H2,1H3/t23-/m1/s1. The van der Waals surface area contributed by atoms with E-state index >= 15 is 0 Å². The summed E-state index contributed by atoms with van der Waals surface area (Å²) in [7, 11) is 1.70. The molecule has 1 spiro atoms. The second-order valence-corrected chi connectivity index (χ2v) is 8.58. The number of aromatic nitrogens is 2. The van der Waals surface area contributed by atoms with E-state index in [0.717, 1.165) is 54.0 Å². The van der Waals surface area contributed by atoms with Crippen molar-refractivity contribution in [3.05, 3.63) is 42.5 Å². The summed E-state index contributed by atoms with van der Waals surface area (Å²) in [5, 5.41) is 0. The number of rotatable bonds is 2. The zero-order valence-electron chi connectivity index (χ0n) is 16.2. The van der Waals surface area contributed by atoms with Crippen LogP contribution in [-0.4, -0.2) is 47.8 Å². The van der Waals surface area contributed by atoms with Crippen molar-refractivity contribution < 1.29 is 9.47 Å². The van der Waals surface area contributed by atoms with Gasteiger partial charge in [-0.2, -0.15) is 4.98 Å². The van der Waals surface area contributed by atoms with Gasteiger partial charge in [-0.15, -0.1) is 0 Å². The largest absolute Gasteiger partial charge is 0.497 e. The van der Waals surface area contributed by atoms with Crippen LogP contribution in [0.1, 0.15) is 12.8 Å². The van der Waals surface area contributed by atoms with E-state index in [1.165, 1.54) is 31.4 Å². The molecule has 3 saturated heterocycles. The monoisotopic (exact) mass is 375 g/mol. The van der Waals surface area contributed by atoms with Gasteiger partial charge >= 0.3 is 0 Å². The first-order valence-electron chi connectivity index (χ1n) is 10.2. The van der Waals surface area contributed by atoms with E-state index < -0.39 is 0 Å². The molecule has 7 rings (SSSR count). The number of benzene rings is 2. The van der Waals surface area contributed by atoms with E-state index in [0.29, 0.717) is 0 Å². The smallest absolute Gasteiger partial charge is 0.297 e. The summed E-state index contributed by atoms with van der Waals surface area (Å²) in [5.74, 6) is 1.64. The Balaban J connectivity index is 1.43. The van der Waals surface area contributed by atoms with Crippen LogP contribution in [0.25, 0.3) is 22.2 Å². The molecule has 28 heavy (non-hydrogen) atoms. The van der Waals surface area contributed by atoms with Crippen LogP contribution in [0.2, 0.25) is 0 Å². The average Bonchev–Trinajstić information content (AvgIpc) is 3.12. The number of piperidine rings is 3. The fraction of sp³-hybridized carbons (Fsp3) is 0.435. The van der Waals surface area contributed by atoms with Crippen LogP contribution < -0.4 is 9.47 Å². The molecular formula is C23H25N3O2. The van der Waals surface area contributed by atoms with Crippen molar-refractivity contribution in [3.8, 4) is 22.9 Å². The lowest BCUT2D eigenvalue weighted by molar-refractivity contribution is -0.0820. The summed E-state index contributed by atoms with van der Waals surface area (Å²) in [5.41, 5.74) is 4.75. The molecule has 5 heteroatoms. The Morgan fingerprint density at radius 1 is 1.07 bits per heavy atom. The molecule has 144 valence electrons. The highest BCUT2D eigenvalue weighted by Gasteiger charge is 2.49. The molecule has 4 aliphatic heterocycles. The Morgan fingerprint density at radius 3 is 2.61 bits per heavy atom. The van der Waals surface area contributed by atoms with Crippen LogP contribution in [0.3, 0.4) is 0 Å². The lowest BCUT2D eigenvalue weighted by atomic mass is 9.66. The van der Waals surface area contributed by atoms with E-state index in [1.807, 2.05) is 12.1 Å². The van der Waals surface area contributed by atoms with Crippen molar-refractivity contribution in [2.75, 3.05) is 33.4 Å². The summed E-state index contributed by atoms with van der Waals surface area (Å²) in [6, 6.07) is 15.4. The van der Waals surface area contributed by atoms with Crippen molar-refractivity contribution in [1.82, 2.24) is 14.5 Å². The molecule has 2 bridgehead atoms. The third kappa shape index (κ3) is 2.32. The van der Waals surface area contributed by atoms with Gasteiger partial charge in [-0.3, -0.25) is 4.57 Å². The van der Waals surface area contributed by atoms with Gasteiger partial charge in [-0.1, -0.05) is 24.3 Å². The number of fused-ring (bicyclic) bond motifs is 5. The van der Waals surface area contributed by atoms with Crippen LogP contribution in [0.4, 0.5) is 0 Å². The van der Waals surface area contributed by atoms with Gasteiger partial charge in [0.25, 0.3) is 6.01 Å². The lowest BCUT2D eigenvalue weighted by Crippen LogP contribution is -2.59. The molecule has 3 aromatic rings. The minimum absolute atomic E-state index is 0.243. The Hall–Kier alpha value is -2.53. The van der Waals surface area contributed by atoms with Gasteiger partial charge in [0.05, 0.1) is 12.6 Å². The van der Waals surface area contributed by atoms with Crippen molar-refractivity contribution in [2.45, 2.75) is 19.4 Å². The van der Waals surface area contributed by atoms with Crippen molar-refractivity contribution >= 4 is 11.0 Å². The fourth-order valence-electron chi connectivity index (χ4n) is 5.58. The van der Waals surface area contributed by atoms with E-state index in [1.54, 1.807) is 7.11 Å². The van der Waals surface area contributed by atoms with Crippen LogP contribution >= 0.6 is 0 Å². The van der Waals surface area contributed by atoms with Gasteiger partial charge in [0.15, 0.2) is 0 Å². The second kappa shape index (κ2) is 5.98. The third-order valence-corrected chi connectivity index (χ3v) is 7.10. The molecule has 5 heterocycles. The Kier molecular flexibility index (Phi) is 3.51. The Labute approximate surface area is 164 Å². The zero-order valence-corrected chi connectivity index (χ0v) is 16.2. The highest BCUT2D eigenvalue weighted by Crippen LogP contribution is 2.47. The molecule has 0 unspecified atom stereocenters. The quantitative estimate of drug-likeness (QED) is 0.683. The molecule has 2 aromatic carbocycles. The number of nitrogens with zero attached hydrogens (tertiary/aromatic N) is 3. The van der Waals surface area contributed by atoms with Crippen LogP contribution in [0, 0.1) is 11.3 Å². The summed E-state index contributed by atoms with van der Waals surface area (Å²) >= 11 is 0. The normalized spacial score (nSPS) is 28.3. The van der Waals surface area contributed by atoms with Crippen molar-refractivity contribution in [2.24, 2.45) is 11.3 Å². The Morgan fingerprint density at radius 2 is 1.89 bits per heavy atom. The minimum atomic E-state index is 0.243. The fourth-order valence-corrected chi connectivity index (χ4v) is 5.58. The van der Waals surface area contributed by atoms with Gasteiger partial charge in [0, 0.05) is 24.1 Å². The van der Waals surface area contributed by atoms with E-state index in [2.05, 4.69) is 39.8 Å². The molecule has 0 radical (unpaired) electrons. The van der Waals surface area contributed by atoms with E-state index in [-0.39, 0.29) is 5.41 Å². The van der Waals surface area contributed by atoms with Crippen LogP contribution in [0.5, 0.6) is 11.8 Å². The SMILES string of the molecule is COc1ccc(-c2cccc3c2nc2n3C[C@@]3(CO2)CN2CCC3CC2)cc1. The predicted molar refractivity (Wildman–Crippen MR) is 109 cm³/mol. The van der Waals surface area contributed by atoms with Crippen LogP contribution in [-0.2, 0) is 6.54 Å². The lowest BCUT2D eigenvalue weighted by Gasteiger charge is -2.54. The van der Waals surface area contributed by atoms with Crippen molar-refractivity contribution in [1.29, 1.82) is 0 Å². The maximum Gasteiger partial charge on any atom is 0.297 e. The first-order chi connectivity index (χ1) is 13.8. The minimum Gasteiger partial charge on any atom is -0.497 e. The molecule has 0 saturated carbocycles. The molecule has 5 nitrogen and oxygen atoms in total. The molecule has 0 N–H and O–H groups in total. The molecule has 4 aliphatic rings. The van der Waals surface area contributed by atoms with E-state index in [4.69, 9.17) is 14.5 Å². The molecule has 0 aliphatic carbocycles. The number of hydrogen-bond donors (Lipinski definition) is 0. The number of hydrogen-bond acceptors (Lipinski definition) is 4. The molecule has 0 amide bonds. The summed E-state index contributed by atoms with van der Waals surface area (Å²) in [6.45, 7) is 5.49. The molecule has 1 aromatic heterocycles. The molecule has 1 atom stereocenters. The average molecular weight is 375 g/mol. The first-order valence-corrected chi connectivity index (χ1v) is 10.2. The highest BCUT2D eigenvalue weighted by atomic mass is 16.5. The topological polar surface area (TPSA) is 39.5 Å². The third-order valence-electron chi connectivity index (χ3n) is 7.10. The number of ether oxygens (including phenoxy) is 2. The van der Waals surface area contributed by atoms with Crippen molar-refractivity contribution in [3.63, 3.8) is 0 Å². The van der Waals surface area contributed by atoms with Crippen LogP contribution in [0.15, 0.2) is 42.5 Å². The summed E-state index contributed by atoms with van der Waals surface area (Å²) in [6.07, 6.45) is 2.62. The van der Waals surface area contributed by atoms with Gasteiger partial charge < -0.3 is 14.4 Å². The second-order valence-electron chi connectivity index (χ2n) is 8.58. The maximum absolute atomic E-state index is 6.29. The number of imidazole rings is 1. The zero-order chi connectivity index (χ0) is 18.7. The first kappa shape index (κ1) is 16.4.